The van der Waals surface area contributed by atoms with Crippen molar-refractivity contribution >= 4 is 50.7 Å². The maximum atomic E-state index is 13.9. The Morgan fingerprint density at radius 2 is 1.62 bits per heavy atom. The van der Waals surface area contributed by atoms with Gasteiger partial charge in [-0.3, -0.25) is 13.9 Å². The molecule has 3 aromatic carbocycles. The predicted molar refractivity (Wildman–Crippen MR) is 168 cm³/mol. The molecule has 3 aromatic rings. The van der Waals surface area contributed by atoms with Gasteiger partial charge in [0.25, 0.3) is 0 Å². The summed E-state index contributed by atoms with van der Waals surface area (Å²) >= 11 is 12.5. The number of amides is 2. The summed E-state index contributed by atoms with van der Waals surface area (Å²) < 4.78 is 32.6. The molecule has 0 radical (unpaired) electrons. The average Bonchev–Trinajstić information content (AvgIpc) is 2.96. The number of anilines is 1. The zero-order valence-electron chi connectivity index (χ0n) is 24.2. The van der Waals surface area contributed by atoms with Crippen LogP contribution in [0.1, 0.15) is 44.7 Å². The van der Waals surface area contributed by atoms with Crippen molar-refractivity contribution in [3.63, 3.8) is 0 Å². The quantitative estimate of drug-likeness (QED) is 0.233. The molecule has 226 valence electrons. The van der Waals surface area contributed by atoms with Gasteiger partial charge in [-0.1, -0.05) is 73.4 Å². The van der Waals surface area contributed by atoms with Gasteiger partial charge in [-0.2, -0.15) is 0 Å². The Kier molecular flexibility index (Phi) is 12.1. The van der Waals surface area contributed by atoms with Gasteiger partial charge >= 0.3 is 0 Å². The van der Waals surface area contributed by atoms with Crippen molar-refractivity contribution in [2.24, 2.45) is 0 Å². The number of halogens is 2. The van der Waals surface area contributed by atoms with E-state index in [1.54, 1.807) is 49.4 Å². The Morgan fingerprint density at radius 3 is 2.19 bits per heavy atom. The van der Waals surface area contributed by atoms with Crippen LogP contribution in [0.2, 0.25) is 10.0 Å². The van der Waals surface area contributed by atoms with Crippen molar-refractivity contribution in [3.8, 4) is 5.75 Å². The zero-order valence-corrected chi connectivity index (χ0v) is 26.5. The van der Waals surface area contributed by atoms with E-state index in [1.165, 1.54) is 4.90 Å². The Bertz CT molecular complexity index is 1450. The topological polar surface area (TPSA) is 96.0 Å². The van der Waals surface area contributed by atoms with Crippen LogP contribution in [0.5, 0.6) is 5.75 Å². The minimum atomic E-state index is -3.88. The molecule has 3 rings (SSSR count). The first kappa shape index (κ1) is 33.2. The van der Waals surface area contributed by atoms with Crippen LogP contribution >= 0.6 is 23.2 Å². The van der Waals surface area contributed by atoms with Crippen molar-refractivity contribution in [3.05, 3.63) is 94.0 Å². The van der Waals surface area contributed by atoms with Crippen LogP contribution < -0.4 is 14.4 Å². The summed E-state index contributed by atoms with van der Waals surface area (Å²) in [5.74, 6) is -0.327. The number of hydrogen-bond donors (Lipinski definition) is 1. The van der Waals surface area contributed by atoms with Gasteiger partial charge in [0.15, 0.2) is 0 Å². The lowest BCUT2D eigenvalue weighted by atomic mass is 10.1. The maximum absolute atomic E-state index is 13.9. The van der Waals surface area contributed by atoms with Gasteiger partial charge in [0.2, 0.25) is 21.8 Å². The highest BCUT2D eigenvalue weighted by Gasteiger charge is 2.32. The molecule has 0 aliphatic carbocycles. The molecule has 2 atom stereocenters. The van der Waals surface area contributed by atoms with Crippen LogP contribution in [0.4, 0.5) is 5.69 Å². The fourth-order valence-corrected chi connectivity index (χ4v) is 5.58. The summed E-state index contributed by atoms with van der Waals surface area (Å²) in [5, 5.41) is 3.71. The second-order valence-corrected chi connectivity index (χ2v) is 12.8. The van der Waals surface area contributed by atoms with Crippen molar-refractivity contribution in [1.29, 1.82) is 0 Å². The lowest BCUT2D eigenvalue weighted by Crippen LogP contribution is -2.53. The SMILES string of the molecule is CCC(C)NC(=O)C(CC)N(Cc1ccc(Cl)cc1Cl)C(=O)CN(c1ccc(OCc2ccccc2)cc1)S(C)(=O)=O. The highest BCUT2D eigenvalue weighted by Crippen LogP contribution is 2.26. The minimum Gasteiger partial charge on any atom is -0.489 e. The molecule has 0 aliphatic rings. The molecule has 0 spiro atoms. The molecule has 0 fully saturated rings. The van der Waals surface area contributed by atoms with E-state index in [-0.39, 0.29) is 18.5 Å². The van der Waals surface area contributed by atoms with Gasteiger partial charge in [-0.15, -0.1) is 0 Å². The van der Waals surface area contributed by atoms with Crippen molar-refractivity contribution in [2.45, 2.75) is 58.8 Å². The van der Waals surface area contributed by atoms with Gasteiger partial charge in [-0.25, -0.2) is 8.42 Å². The van der Waals surface area contributed by atoms with E-state index in [4.69, 9.17) is 27.9 Å². The van der Waals surface area contributed by atoms with E-state index < -0.39 is 28.5 Å². The Morgan fingerprint density at radius 1 is 0.952 bits per heavy atom. The largest absolute Gasteiger partial charge is 0.489 e. The van der Waals surface area contributed by atoms with Gasteiger partial charge < -0.3 is 15.0 Å². The van der Waals surface area contributed by atoms with Gasteiger partial charge in [0.1, 0.15) is 24.9 Å². The number of carbonyl (C=O) groups is 2. The van der Waals surface area contributed by atoms with Crippen molar-refractivity contribution in [1.82, 2.24) is 10.2 Å². The molecule has 2 amide bonds. The van der Waals surface area contributed by atoms with Gasteiger partial charge in [0.05, 0.1) is 11.9 Å². The first-order chi connectivity index (χ1) is 19.9. The van der Waals surface area contributed by atoms with Crippen LogP contribution in [0, 0.1) is 0 Å². The molecule has 0 heterocycles. The van der Waals surface area contributed by atoms with E-state index in [1.807, 2.05) is 44.2 Å². The second kappa shape index (κ2) is 15.3. The molecule has 0 saturated carbocycles. The summed E-state index contributed by atoms with van der Waals surface area (Å²) in [6.45, 7) is 5.46. The van der Waals surface area contributed by atoms with Crippen LogP contribution in [0.3, 0.4) is 0 Å². The molecule has 8 nitrogen and oxygen atoms in total. The van der Waals surface area contributed by atoms with E-state index in [9.17, 15) is 18.0 Å². The van der Waals surface area contributed by atoms with E-state index >= 15 is 0 Å². The summed E-state index contributed by atoms with van der Waals surface area (Å²) in [4.78, 5) is 28.5. The number of rotatable bonds is 14. The van der Waals surface area contributed by atoms with Crippen LogP contribution in [-0.4, -0.2) is 50.0 Å². The van der Waals surface area contributed by atoms with Gasteiger partial charge in [0, 0.05) is 22.6 Å². The number of carbonyl (C=O) groups excluding carboxylic acids is 2. The van der Waals surface area contributed by atoms with Crippen molar-refractivity contribution in [2.75, 3.05) is 17.1 Å². The molecule has 11 heteroatoms. The lowest BCUT2D eigenvalue weighted by Gasteiger charge is -2.33. The number of sulfonamides is 1. The number of ether oxygens (including phenoxy) is 1. The third kappa shape index (κ3) is 9.37. The normalized spacial score (nSPS) is 12.7. The van der Waals surface area contributed by atoms with Crippen LogP contribution in [0.25, 0.3) is 0 Å². The molecule has 0 aliphatic heterocycles. The van der Waals surface area contributed by atoms with Crippen LogP contribution in [0.15, 0.2) is 72.8 Å². The summed E-state index contributed by atoms with van der Waals surface area (Å²) in [6.07, 6.45) is 2.06. The third-order valence-electron chi connectivity index (χ3n) is 6.79. The molecule has 42 heavy (non-hydrogen) atoms. The molecule has 0 bridgehead atoms. The lowest BCUT2D eigenvalue weighted by molar-refractivity contribution is -0.140. The third-order valence-corrected chi connectivity index (χ3v) is 8.52. The number of hydrogen-bond acceptors (Lipinski definition) is 5. The average molecular weight is 635 g/mol. The first-order valence-electron chi connectivity index (χ1n) is 13.7. The number of benzene rings is 3. The maximum Gasteiger partial charge on any atom is 0.244 e. The number of nitrogens with zero attached hydrogens (tertiary/aromatic N) is 2. The standard InChI is InChI=1S/C31H37Cl2N3O5S/c1-5-22(3)34-31(38)29(6-2)35(19-24-12-13-25(32)18-28(24)33)30(37)20-36(42(4,39)40)26-14-16-27(17-15-26)41-21-23-10-8-7-9-11-23/h7-18,22,29H,5-6,19-21H2,1-4H3,(H,34,38). The molecular weight excluding hydrogens is 597 g/mol. The van der Waals surface area contributed by atoms with E-state index in [2.05, 4.69) is 5.32 Å². The molecule has 0 saturated heterocycles. The predicted octanol–water partition coefficient (Wildman–Crippen LogP) is 6.06. The molecule has 1 N–H and O–H groups in total. The zero-order chi connectivity index (χ0) is 30.9. The fraction of sp³-hybridized carbons (Fsp3) is 0.355. The summed E-state index contributed by atoms with van der Waals surface area (Å²) in [5.41, 5.74) is 1.86. The highest BCUT2D eigenvalue weighted by atomic mass is 35.5. The highest BCUT2D eigenvalue weighted by molar-refractivity contribution is 7.92. The van der Waals surface area contributed by atoms with Gasteiger partial charge in [-0.05, 0) is 67.3 Å². The minimum absolute atomic E-state index is 0.00880. The Labute approximate surface area is 258 Å². The monoisotopic (exact) mass is 633 g/mol. The molecular formula is C31H37Cl2N3O5S. The smallest absolute Gasteiger partial charge is 0.244 e. The fourth-order valence-electron chi connectivity index (χ4n) is 4.26. The summed E-state index contributed by atoms with van der Waals surface area (Å²) in [7, 11) is -3.88. The van der Waals surface area contributed by atoms with E-state index in [0.29, 0.717) is 46.5 Å². The van der Waals surface area contributed by atoms with Crippen LogP contribution in [-0.2, 0) is 32.8 Å². The Hall–Kier alpha value is -3.27. The number of nitrogens with one attached hydrogen (secondary N) is 1. The second-order valence-electron chi connectivity index (χ2n) is 10.0. The Balaban J connectivity index is 1.88. The molecule has 2 unspecified atom stereocenters. The first-order valence-corrected chi connectivity index (χ1v) is 16.3. The van der Waals surface area contributed by atoms with E-state index in [0.717, 1.165) is 16.1 Å². The summed E-state index contributed by atoms with van der Waals surface area (Å²) in [6, 6.07) is 20.1. The van der Waals surface area contributed by atoms with Crippen molar-refractivity contribution < 1.29 is 22.7 Å². The molecule has 0 aromatic heterocycles.